The van der Waals surface area contributed by atoms with E-state index in [-0.39, 0.29) is 0 Å². The summed E-state index contributed by atoms with van der Waals surface area (Å²) in [6, 6.07) is 30.0. The molecular formula is C27H15Br2N3. The zero-order valence-electron chi connectivity index (χ0n) is 16.7. The van der Waals surface area contributed by atoms with Crippen LogP contribution in [0.15, 0.2) is 93.9 Å². The summed E-state index contributed by atoms with van der Waals surface area (Å²) in [4.78, 5) is 8.61. The third-order valence-corrected chi connectivity index (χ3v) is 7.26. The number of hydrogen-bond donors (Lipinski definition) is 1. The van der Waals surface area contributed by atoms with Crippen LogP contribution in [0.5, 0.6) is 0 Å². The van der Waals surface area contributed by atoms with Crippen LogP contribution in [0.3, 0.4) is 0 Å². The number of rotatable bonds is 1. The Morgan fingerprint density at radius 1 is 0.688 bits per heavy atom. The Morgan fingerprint density at radius 3 is 2.09 bits per heavy atom. The number of halogens is 2. The van der Waals surface area contributed by atoms with Crippen LogP contribution in [0.2, 0.25) is 0 Å². The van der Waals surface area contributed by atoms with E-state index in [1.54, 1.807) is 0 Å². The van der Waals surface area contributed by atoms with Crippen LogP contribution in [0, 0.1) is 0 Å². The van der Waals surface area contributed by atoms with Crippen LogP contribution in [-0.4, -0.2) is 14.5 Å². The summed E-state index contributed by atoms with van der Waals surface area (Å²) in [6.07, 6.45) is 0. The third-order valence-electron chi connectivity index (χ3n) is 6.20. The van der Waals surface area contributed by atoms with Crippen molar-refractivity contribution in [3.05, 3.63) is 93.9 Å². The molecule has 0 unspecified atom stereocenters. The summed E-state index contributed by atoms with van der Waals surface area (Å²) in [5.74, 6) is 0.814. The van der Waals surface area contributed by atoms with Crippen molar-refractivity contribution < 1.29 is 0 Å². The van der Waals surface area contributed by atoms with E-state index in [0.29, 0.717) is 0 Å². The first-order valence-electron chi connectivity index (χ1n) is 10.4. The van der Waals surface area contributed by atoms with Crippen LogP contribution < -0.4 is 0 Å². The van der Waals surface area contributed by atoms with Gasteiger partial charge in [-0.25, -0.2) is 4.98 Å². The zero-order chi connectivity index (χ0) is 21.4. The smallest absolute Gasteiger partial charge is 0.213 e. The summed E-state index contributed by atoms with van der Waals surface area (Å²) in [6.45, 7) is 0. The molecule has 7 aromatic rings. The Kier molecular flexibility index (Phi) is 3.84. The van der Waals surface area contributed by atoms with Crippen LogP contribution in [0.1, 0.15) is 0 Å². The zero-order valence-corrected chi connectivity index (χ0v) is 19.9. The molecule has 5 aromatic carbocycles. The highest BCUT2D eigenvalue weighted by Gasteiger charge is 2.18. The molecule has 7 rings (SSSR count). The van der Waals surface area contributed by atoms with E-state index in [2.05, 4.69) is 126 Å². The van der Waals surface area contributed by atoms with Crippen molar-refractivity contribution in [1.82, 2.24) is 14.5 Å². The number of hydrogen-bond acceptors (Lipinski definition) is 1. The number of benzene rings is 5. The Hall–Kier alpha value is -3.15. The van der Waals surface area contributed by atoms with Gasteiger partial charge >= 0.3 is 0 Å². The molecule has 0 spiro atoms. The predicted molar refractivity (Wildman–Crippen MR) is 141 cm³/mol. The maximum Gasteiger partial charge on any atom is 0.213 e. The quantitative estimate of drug-likeness (QED) is 0.222. The topological polar surface area (TPSA) is 33.6 Å². The van der Waals surface area contributed by atoms with Crippen molar-refractivity contribution in [3.8, 4) is 5.95 Å². The number of aromatic nitrogens is 3. The van der Waals surface area contributed by atoms with Crippen LogP contribution in [0.4, 0.5) is 0 Å². The van der Waals surface area contributed by atoms with Crippen molar-refractivity contribution in [1.29, 1.82) is 0 Å². The third kappa shape index (κ3) is 2.61. The number of fused-ring (bicyclic) bond motifs is 6. The van der Waals surface area contributed by atoms with Crippen LogP contribution >= 0.6 is 31.9 Å². The minimum atomic E-state index is 0.814. The minimum Gasteiger partial charge on any atom is -0.323 e. The second-order valence-electron chi connectivity index (χ2n) is 8.11. The normalized spacial score (nSPS) is 12.1. The largest absolute Gasteiger partial charge is 0.323 e. The maximum absolute atomic E-state index is 5.02. The molecule has 0 saturated heterocycles. The van der Waals surface area contributed by atoms with Gasteiger partial charge in [-0.1, -0.05) is 64.5 Å². The number of aromatic amines is 1. The molecule has 0 aliphatic heterocycles. The van der Waals surface area contributed by atoms with Crippen molar-refractivity contribution in [2.75, 3.05) is 0 Å². The monoisotopic (exact) mass is 539 g/mol. The van der Waals surface area contributed by atoms with Gasteiger partial charge in [0.05, 0.1) is 22.1 Å². The Labute approximate surface area is 199 Å². The fourth-order valence-electron chi connectivity index (χ4n) is 4.76. The summed E-state index contributed by atoms with van der Waals surface area (Å²) >= 11 is 7.49. The molecule has 0 fully saturated rings. The van der Waals surface area contributed by atoms with Gasteiger partial charge in [0.15, 0.2) is 0 Å². The SMILES string of the molecule is Brc1cc(Br)c2c(c1)c1cc3ccccc3cc1n2-c1nc2cc3ccccc3cc2[nH]1. The molecule has 0 radical (unpaired) electrons. The van der Waals surface area contributed by atoms with Crippen molar-refractivity contribution in [3.63, 3.8) is 0 Å². The molecule has 152 valence electrons. The first-order chi connectivity index (χ1) is 15.7. The molecule has 2 aromatic heterocycles. The van der Waals surface area contributed by atoms with Gasteiger partial charge in [-0.2, -0.15) is 0 Å². The van der Waals surface area contributed by atoms with E-state index in [1.807, 2.05) is 0 Å². The average molecular weight is 541 g/mol. The van der Waals surface area contributed by atoms with E-state index >= 15 is 0 Å². The molecule has 2 heterocycles. The highest BCUT2D eigenvalue weighted by Crippen LogP contribution is 2.39. The fraction of sp³-hybridized carbons (Fsp3) is 0. The molecule has 32 heavy (non-hydrogen) atoms. The van der Waals surface area contributed by atoms with Gasteiger partial charge in [0.1, 0.15) is 0 Å². The molecule has 0 amide bonds. The lowest BCUT2D eigenvalue weighted by Crippen LogP contribution is -1.97. The predicted octanol–water partition coefficient (Wildman–Crippen LogP) is 8.49. The molecular weight excluding hydrogens is 526 g/mol. The molecule has 0 atom stereocenters. The van der Waals surface area contributed by atoms with Crippen molar-refractivity contribution in [2.45, 2.75) is 0 Å². The minimum absolute atomic E-state index is 0.814. The number of nitrogens with one attached hydrogen (secondary N) is 1. The van der Waals surface area contributed by atoms with Gasteiger partial charge in [-0.05, 0) is 73.9 Å². The molecule has 3 nitrogen and oxygen atoms in total. The van der Waals surface area contributed by atoms with E-state index < -0.39 is 0 Å². The Bertz CT molecular complexity index is 1810. The molecule has 5 heteroatoms. The summed E-state index contributed by atoms with van der Waals surface area (Å²) in [7, 11) is 0. The van der Waals surface area contributed by atoms with E-state index in [1.165, 1.54) is 32.3 Å². The van der Waals surface area contributed by atoms with Gasteiger partial charge in [0, 0.05) is 19.7 Å². The van der Waals surface area contributed by atoms with Gasteiger partial charge in [-0.3, -0.25) is 4.57 Å². The summed E-state index contributed by atoms with van der Waals surface area (Å²) in [5.41, 5.74) is 4.22. The molecule has 0 aliphatic rings. The fourth-order valence-corrected chi connectivity index (χ4v) is 6.16. The summed E-state index contributed by atoms with van der Waals surface area (Å²) in [5, 5.41) is 7.21. The molecule has 0 bridgehead atoms. The summed E-state index contributed by atoms with van der Waals surface area (Å²) < 4.78 is 4.30. The van der Waals surface area contributed by atoms with Gasteiger partial charge in [0.25, 0.3) is 0 Å². The maximum atomic E-state index is 5.02. The van der Waals surface area contributed by atoms with Gasteiger partial charge in [-0.15, -0.1) is 0 Å². The molecule has 0 saturated carbocycles. The van der Waals surface area contributed by atoms with Gasteiger partial charge < -0.3 is 4.98 Å². The second-order valence-corrected chi connectivity index (χ2v) is 9.88. The van der Waals surface area contributed by atoms with Crippen LogP contribution in [-0.2, 0) is 0 Å². The van der Waals surface area contributed by atoms with Crippen LogP contribution in [0.25, 0.3) is 60.3 Å². The molecule has 0 aliphatic carbocycles. The lowest BCUT2D eigenvalue weighted by molar-refractivity contribution is 1.05. The van der Waals surface area contributed by atoms with Crippen molar-refractivity contribution >= 4 is 86.2 Å². The first-order valence-corrected chi connectivity index (χ1v) is 12.0. The Balaban J connectivity index is 1.64. The lowest BCUT2D eigenvalue weighted by atomic mass is 10.1. The second kappa shape index (κ2) is 6.67. The van der Waals surface area contributed by atoms with Crippen molar-refractivity contribution in [2.24, 2.45) is 0 Å². The number of H-pyrrole nitrogens is 1. The highest BCUT2D eigenvalue weighted by atomic mass is 79.9. The standard InChI is InChI=1S/C27H15Br2N3/c28-19-13-21-20-9-15-5-1-4-8-18(15)12-25(20)32(26(21)22(29)14-19)27-30-23-10-16-6-2-3-7-17(16)11-24(23)31-27/h1-14H,(H,30,31). The highest BCUT2D eigenvalue weighted by molar-refractivity contribution is 9.11. The Morgan fingerprint density at radius 2 is 1.34 bits per heavy atom. The molecule has 1 N–H and O–H groups in total. The van der Waals surface area contributed by atoms with E-state index in [4.69, 9.17) is 4.98 Å². The van der Waals surface area contributed by atoms with E-state index in [0.717, 1.165) is 37.0 Å². The van der Waals surface area contributed by atoms with Gasteiger partial charge in [0.2, 0.25) is 5.95 Å². The lowest BCUT2D eigenvalue weighted by Gasteiger charge is -2.06. The van der Waals surface area contributed by atoms with E-state index in [9.17, 15) is 0 Å². The first kappa shape index (κ1) is 18.4. The average Bonchev–Trinajstić information content (AvgIpc) is 3.34. The number of imidazole rings is 1. The number of nitrogens with zero attached hydrogens (tertiary/aromatic N) is 2.